The Morgan fingerprint density at radius 2 is 1.69 bits per heavy atom. The lowest BCUT2D eigenvalue weighted by Crippen LogP contribution is -2.26. The van der Waals surface area contributed by atoms with E-state index in [2.05, 4.69) is 15.1 Å². The third kappa shape index (κ3) is 3.74. The summed E-state index contributed by atoms with van der Waals surface area (Å²) in [6.45, 7) is 0.315. The van der Waals surface area contributed by atoms with Crippen molar-refractivity contribution < 1.29 is 9.32 Å². The summed E-state index contributed by atoms with van der Waals surface area (Å²) in [7, 11) is 1.76. The van der Waals surface area contributed by atoms with Crippen LogP contribution in [0, 0.1) is 0 Å². The normalized spacial score (nSPS) is 10.9. The lowest BCUT2D eigenvalue weighted by molar-refractivity contribution is 0.0774. The number of hydrogen-bond acceptors (Lipinski definition) is 5. The fraction of sp³-hybridized carbons (Fsp3) is 0.0769. The maximum absolute atomic E-state index is 13.3. The summed E-state index contributed by atoms with van der Waals surface area (Å²) in [5, 5.41) is 6.04. The lowest BCUT2D eigenvalue weighted by atomic mass is 9.96. The second-order valence-corrected chi connectivity index (χ2v) is 7.52. The largest absolute Gasteiger partial charge is 0.359 e. The molecular formula is C26H20N4O2. The molecule has 6 heteroatoms. The molecular weight excluding hydrogens is 400 g/mol. The summed E-state index contributed by atoms with van der Waals surface area (Å²) < 4.78 is 5.47. The fourth-order valence-corrected chi connectivity index (χ4v) is 3.83. The Balaban J connectivity index is 1.43. The van der Waals surface area contributed by atoms with Crippen molar-refractivity contribution in [3.05, 3.63) is 103 Å². The van der Waals surface area contributed by atoms with Crippen LogP contribution in [0.25, 0.3) is 33.2 Å². The average Bonchev–Trinajstić information content (AvgIpc) is 3.32. The monoisotopic (exact) mass is 420 g/mol. The van der Waals surface area contributed by atoms with Gasteiger partial charge in [-0.05, 0) is 40.6 Å². The minimum absolute atomic E-state index is 0.0826. The number of benzene rings is 2. The maximum atomic E-state index is 13.3. The topological polar surface area (TPSA) is 72.1 Å². The first kappa shape index (κ1) is 19.6. The quantitative estimate of drug-likeness (QED) is 0.390. The van der Waals surface area contributed by atoms with E-state index in [1.807, 2.05) is 72.9 Å². The van der Waals surface area contributed by atoms with E-state index in [4.69, 9.17) is 4.52 Å². The van der Waals surface area contributed by atoms with E-state index in [-0.39, 0.29) is 5.91 Å². The van der Waals surface area contributed by atoms with Crippen LogP contribution in [0.4, 0.5) is 0 Å². The van der Waals surface area contributed by atoms with E-state index in [1.165, 1.54) is 0 Å². The van der Waals surface area contributed by atoms with Crippen molar-refractivity contribution in [3.63, 3.8) is 0 Å². The van der Waals surface area contributed by atoms with Gasteiger partial charge in [0.2, 0.25) is 0 Å². The van der Waals surface area contributed by atoms with Crippen molar-refractivity contribution in [2.45, 2.75) is 6.54 Å². The number of amides is 1. The van der Waals surface area contributed by atoms with Gasteiger partial charge < -0.3 is 9.42 Å². The Morgan fingerprint density at radius 1 is 0.875 bits per heavy atom. The molecule has 0 N–H and O–H groups in total. The van der Waals surface area contributed by atoms with Crippen LogP contribution in [0.5, 0.6) is 0 Å². The third-order valence-corrected chi connectivity index (χ3v) is 5.40. The highest BCUT2D eigenvalue weighted by Gasteiger charge is 2.18. The summed E-state index contributed by atoms with van der Waals surface area (Å²) in [6, 6.07) is 21.3. The van der Waals surface area contributed by atoms with Crippen LogP contribution in [0.15, 0.2) is 96.0 Å². The molecule has 0 unspecified atom stereocenters. The molecule has 6 nitrogen and oxygen atoms in total. The number of fused-ring (bicyclic) bond motifs is 1. The van der Waals surface area contributed by atoms with E-state index >= 15 is 0 Å². The molecule has 0 aliphatic heterocycles. The van der Waals surface area contributed by atoms with Gasteiger partial charge in [0.1, 0.15) is 5.69 Å². The van der Waals surface area contributed by atoms with Crippen LogP contribution in [0.2, 0.25) is 0 Å². The summed E-state index contributed by atoms with van der Waals surface area (Å²) in [6.07, 6.45) is 7.00. The van der Waals surface area contributed by atoms with Crippen LogP contribution in [-0.2, 0) is 6.54 Å². The first-order valence-electron chi connectivity index (χ1n) is 10.2. The van der Waals surface area contributed by atoms with Gasteiger partial charge in [-0.25, -0.2) is 0 Å². The molecule has 0 saturated heterocycles. The number of carbonyl (C=O) groups is 1. The fourth-order valence-electron chi connectivity index (χ4n) is 3.83. The molecule has 0 fully saturated rings. The number of carbonyl (C=O) groups excluding carboxylic acids is 1. The standard InChI is InChI=1S/C26H20N4O2/c1-30(17-20-15-25(29-32-20)18-10-13-27-14-11-18)26(31)24-9-3-7-22-21(6-2-8-23(22)24)19-5-4-12-28-16-19/h2-16H,17H2,1H3. The number of hydrogen-bond donors (Lipinski definition) is 0. The first-order chi connectivity index (χ1) is 15.7. The van der Waals surface area contributed by atoms with Gasteiger partial charge in [0, 0.05) is 54.6 Å². The predicted molar refractivity (Wildman–Crippen MR) is 123 cm³/mol. The smallest absolute Gasteiger partial charge is 0.254 e. The Bertz CT molecular complexity index is 1380. The molecule has 0 saturated carbocycles. The minimum atomic E-state index is -0.0826. The number of nitrogens with zero attached hydrogens (tertiary/aromatic N) is 4. The van der Waals surface area contributed by atoms with Crippen molar-refractivity contribution in [2.75, 3.05) is 7.05 Å². The highest BCUT2D eigenvalue weighted by atomic mass is 16.5. The van der Waals surface area contributed by atoms with Gasteiger partial charge in [-0.2, -0.15) is 0 Å². The number of pyridine rings is 2. The van der Waals surface area contributed by atoms with Gasteiger partial charge in [0.05, 0.1) is 6.54 Å². The molecule has 5 rings (SSSR count). The summed E-state index contributed by atoms with van der Waals surface area (Å²) in [4.78, 5) is 23.2. The Labute approximate surface area is 185 Å². The molecule has 5 aromatic rings. The van der Waals surface area contributed by atoms with Gasteiger partial charge in [0.25, 0.3) is 5.91 Å². The van der Waals surface area contributed by atoms with Crippen molar-refractivity contribution in [2.24, 2.45) is 0 Å². The van der Waals surface area contributed by atoms with E-state index in [9.17, 15) is 4.79 Å². The Kier molecular flexibility index (Phi) is 5.17. The SMILES string of the molecule is CN(Cc1cc(-c2ccncc2)no1)C(=O)c1cccc2c(-c3cccnc3)cccc12. The highest BCUT2D eigenvalue weighted by molar-refractivity contribution is 6.10. The van der Waals surface area contributed by atoms with Gasteiger partial charge in [-0.1, -0.05) is 41.6 Å². The molecule has 0 bridgehead atoms. The van der Waals surface area contributed by atoms with Crippen LogP contribution >= 0.6 is 0 Å². The molecule has 1 amide bonds. The van der Waals surface area contributed by atoms with E-state index in [0.29, 0.717) is 17.9 Å². The zero-order valence-corrected chi connectivity index (χ0v) is 17.5. The van der Waals surface area contributed by atoms with E-state index < -0.39 is 0 Å². The molecule has 0 aliphatic rings. The Morgan fingerprint density at radius 3 is 2.50 bits per heavy atom. The predicted octanol–water partition coefficient (Wildman–Crippen LogP) is 5.22. The van der Waals surface area contributed by atoms with E-state index in [0.717, 1.165) is 33.2 Å². The zero-order valence-electron chi connectivity index (χ0n) is 17.5. The van der Waals surface area contributed by atoms with E-state index in [1.54, 1.807) is 30.5 Å². The lowest BCUT2D eigenvalue weighted by Gasteiger charge is -2.17. The maximum Gasteiger partial charge on any atom is 0.254 e. The molecule has 0 spiro atoms. The zero-order chi connectivity index (χ0) is 21.9. The molecule has 32 heavy (non-hydrogen) atoms. The van der Waals surface area contributed by atoms with Crippen molar-refractivity contribution >= 4 is 16.7 Å². The summed E-state index contributed by atoms with van der Waals surface area (Å²) >= 11 is 0. The average molecular weight is 420 g/mol. The Hall–Kier alpha value is -4.32. The third-order valence-electron chi connectivity index (χ3n) is 5.40. The van der Waals surface area contributed by atoms with Crippen molar-refractivity contribution in [3.8, 4) is 22.4 Å². The first-order valence-corrected chi connectivity index (χ1v) is 10.2. The van der Waals surface area contributed by atoms with Crippen LogP contribution in [-0.4, -0.2) is 33.0 Å². The second-order valence-electron chi connectivity index (χ2n) is 7.52. The molecule has 3 heterocycles. The van der Waals surface area contributed by atoms with Crippen molar-refractivity contribution in [1.82, 2.24) is 20.0 Å². The molecule has 0 radical (unpaired) electrons. The number of rotatable bonds is 5. The van der Waals surface area contributed by atoms with Crippen LogP contribution < -0.4 is 0 Å². The van der Waals surface area contributed by atoms with Crippen LogP contribution in [0.3, 0.4) is 0 Å². The molecule has 156 valence electrons. The van der Waals surface area contributed by atoms with Gasteiger partial charge in [0.15, 0.2) is 5.76 Å². The second kappa shape index (κ2) is 8.43. The summed E-state index contributed by atoms with van der Waals surface area (Å²) in [5.41, 5.74) is 4.34. The minimum Gasteiger partial charge on any atom is -0.359 e. The molecule has 3 aromatic heterocycles. The summed E-state index contributed by atoms with van der Waals surface area (Å²) in [5.74, 6) is 0.532. The molecule has 2 aromatic carbocycles. The van der Waals surface area contributed by atoms with Gasteiger partial charge in [-0.15, -0.1) is 0 Å². The van der Waals surface area contributed by atoms with Gasteiger partial charge in [-0.3, -0.25) is 14.8 Å². The number of aromatic nitrogens is 3. The molecule has 0 atom stereocenters. The highest BCUT2D eigenvalue weighted by Crippen LogP contribution is 2.30. The van der Waals surface area contributed by atoms with Gasteiger partial charge >= 0.3 is 0 Å². The van der Waals surface area contributed by atoms with Crippen LogP contribution in [0.1, 0.15) is 16.1 Å². The molecule has 0 aliphatic carbocycles. The van der Waals surface area contributed by atoms with Crippen molar-refractivity contribution in [1.29, 1.82) is 0 Å².